The van der Waals surface area contributed by atoms with Crippen LogP contribution in [-0.4, -0.2) is 5.17 Å². The average Bonchev–Trinajstić information content (AvgIpc) is 2.38. The Kier molecular flexibility index (Phi) is 3.34. The highest BCUT2D eigenvalue weighted by molar-refractivity contribution is 6.73. The van der Waals surface area contributed by atoms with Crippen molar-refractivity contribution in [3.8, 4) is 0 Å². The second kappa shape index (κ2) is 4.93. The molecule has 1 unspecified atom stereocenters. The summed E-state index contributed by atoms with van der Waals surface area (Å²) in [4.78, 5) is 2.22. The van der Waals surface area contributed by atoms with Crippen molar-refractivity contribution in [2.75, 3.05) is 0 Å². The van der Waals surface area contributed by atoms with Gasteiger partial charge in [-0.3, -0.25) is 0 Å². The molecule has 0 fully saturated rings. The SMILES string of the molecule is Fc1cc(F)c(C2(Cl)C=C3C=CNC=C3N=C2Cl)c(F)c1. The molecule has 2 aliphatic heterocycles. The first kappa shape index (κ1) is 14.2. The van der Waals surface area contributed by atoms with Gasteiger partial charge >= 0.3 is 0 Å². The van der Waals surface area contributed by atoms with E-state index in [-0.39, 0.29) is 5.17 Å². The van der Waals surface area contributed by atoms with Gasteiger partial charge in [-0.2, -0.15) is 0 Å². The van der Waals surface area contributed by atoms with Crippen molar-refractivity contribution in [3.63, 3.8) is 0 Å². The number of aliphatic imine (C=N–C) groups is 1. The van der Waals surface area contributed by atoms with Gasteiger partial charge in [0.15, 0.2) is 0 Å². The van der Waals surface area contributed by atoms with E-state index in [2.05, 4.69) is 10.3 Å². The molecule has 0 aromatic heterocycles. The molecular formula is C14H7Cl2F3N2. The Bertz CT molecular complexity index is 730. The van der Waals surface area contributed by atoms with Crippen LogP contribution in [0.3, 0.4) is 0 Å². The van der Waals surface area contributed by atoms with Gasteiger partial charge in [-0.25, -0.2) is 18.2 Å². The average molecular weight is 331 g/mol. The second-order valence-corrected chi connectivity index (χ2v) is 5.44. The maximum Gasteiger partial charge on any atom is 0.147 e. The van der Waals surface area contributed by atoms with Crippen LogP contribution in [-0.2, 0) is 4.87 Å². The summed E-state index contributed by atoms with van der Waals surface area (Å²) < 4.78 is 41.0. The zero-order valence-electron chi connectivity index (χ0n) is 10.3. The summed E-state index contributed by atoms with van der Waals surface area (Å²) in [5.41, 5.74) is 0.482. The number of dihydropyridines is 2. The third-order valence-corrected chi connectivity index (χ3v) is 4.08. The number of nitrogens with one attached hydrogen (secondary N) is 1. The van der Waals surface area contributed by atoms with Crippen molar-refractivity contribution in [3.05, 3.63) is 71.0 Å². The summed E-state index contributed by atoms with van der Waals surface area (Å²) >= 11 is 12.3. The lowest BCUT2D eigenvalue weighted by atomic mass is 9.91. The number of alkyl halides is 1. The van der Waals surface area contributed by atoms with Gasteiger partial charge in [0.2, 0.25) is 0 Å². The molecule has 3 rings (SSSR count). The minimum Gasteiger partial charge on any atom is -0.366 e. The van der Waals surface area contributed by atoms with Crippen LogP contribution >= 0.6 is 23.2 Å². The Morgan fingerprint density at radius 3 is 2.48 bits per heavy atom. The topological polar surface area (TPSA) is 24.4 Å². The molecule has 0 saturated carbocycles. The molecule has 2 nitrogen and oxygen atoms in total. The summed E-state index contributed by atoms with van der Waals surface area (Å²) in [6.45, 7) is 0. The van der Waals surface area contributed by atoms with Gasteiger partial charge in [-0.1, -0.05) is 11.6 Å². The lowest BCUT2D eigenvalue weighted by molar-refractivity contribution is 0.521. The molecule has 108 valence electrons. The molecular weight excluding hydrogens is 324 g/mol. The molecule has 0 bridgehead atoms. The number of fused-ring (bicyclic) bond motifs is 1. The van der Waals surface area contributed by atoms with Gasteiger partial charge < -0.3 is 5.32 Å². The zero-order chi connectivity index (χ0) is 15.2. The van der Waals surface area contributed by atoms with Gasteiger partial charge in [-0.05, 0) is 12.2 Å². The van der Waals surface area contributed by atoms with E-state index < -0.39 is 27.9 Å². The van der Waals surface area contributed by atoms with E-state index in [0.717, 1.165) is 0 Å². The Hall–Kier alpha value is -1.72. The Morgan fingerprint density at radius 2 is 1.81 bits per heavy atom. The summed E-state index contributed by atoms with van der Waals surface area (Å²) in [6.07, 6.45) is 6.20. The third kappa shape index (κ3) is 2.26. The van der Waals surface area contributed by atoms with Crippen LogP contribution in [0.5, 0.6) is 0 Å². The van der Waals surface area contributed by atoms with E-state index >= 15 is 0 Å². The third-order valence-electron chi connectivity index (χ3n) is 3.12. The van der Waals surface area contributed by atoms with Crippen molar-refractivity contribution < 1.29 is 13.2 Å². The van der Waals surface area contributed by atoms with Crippen molar-refractivity contribution in [2.24, 2.45) is 4.99 Å². The predicted octanol–water partition coefficient (Wildman–Crippen LogP) is 4.07. The molecule has 0 radical (unpaired) electrons. The molecule has 1 aromatic carbocycles. The molecule has 7 heteroatoms. The number of hydrogen-bond donors (Lipinski definition) is 1. The summed E-state index contributed by atoms with van der Waals surface area (Å²) in [6, 6.07) is 1.10. The minimum atomic E-state index is -1.82. The van der Waals surface area contributed by atoms with E-state index in [1.807, 2.05) is 0 Å². The van der Waals surface area contributed by atoms with Crippen molar-refractivity contribution in [2.45, 2.75) is 4.87 Å². The Labute approximate surface area is 128 Å². The van der Waals surface area contributed by atoms with E-state index in [0.29, 0.717) is 23.4 Å². The van der Waals surface area contributed by atoms with Crippen molar-refractivity contribution >= 4 is 28.4 Å². The van der Waals surface area contributed by atoms with E-state index in [4.69, 9.17) is 23.2 Å². The van der Waals surface area contributed by atoms with Crippen LogP contribution in [0.1, 0.15) is 5.56 Å². The normalized spacial score (nSPS) is 23.8. The maximum absolute atomic E-state index is 14.0. The molecule has 21 heavy (non-hydrogen) atoms. The summed E-state index contributed by atoms with van der Waals surface area (Å²) in [7, 11) is 0. The quantitative estimate of drug-likeness (QED) is 0.771. The number of benzene rings is 1. The summed E-state index contributed by atoms with van der Waals surface area (Å²) in [5.74, 6) is -3.29. The molecule has 0 saturated heterocycles. The molecule has 1 atom stereocenters. The van der Waals surface area contributed by atoms with Crippen molar-refractivity contribution in [1.29, 1.82) is 0 Å². The first-order chi connectivity index (χ1) is 9.91. The molecule has 1 aromatic rings. The van der Waals surface area contributed by atoms with Gasteiger partial charge in [0.25, 0.3) is 0 Å². The highest BCUT2D eigenvalue weighted by atomic mass is 35.5. The van der Waals surface area contributed by atoms with Crippen LogP contribution in [0.4, 0.5) is 13.2 Å². The van der Waals surface area contributed by atoms with Crippen LogP contribution in [0.15, 0.2) is 52.9 Å². The van der Waals surface area contributed by atoms with Gasteiger partial charge in [0.1, 0.15) is 27.5 Å². The van der Waals surface area contributed by atoms with E-state index in [9.17, 15) is 13.2 Å². The van der Waals surface area contributed by atoms with Crippen molar-refractivity contribution in [1.82, 2.24) is 5.32 Å². The number of hydrogen-bond acceptors (Lipinski definition) is 2. The van der Waals surface area contributed by atoms with Gasteiger partial charge in [0.05, 0.1) is 11.3 Å². The molecule has 0 aliphatic carbocycles. The first-order valence-corrected chi connectivity index (χ1v) is 6.62. The smallest absolute Gasteiger partial charge is 0.147 e. The monoisotopic (exact) mass is 330 g/mol. The minimum absolute atomic E-state index is 0.222. The van der Waals surface area contributed by atoms with E-state index in [1.54, 1.807) is 18.5 Å². The van der Waals surface area contributed by atoms with Crippen LogP contribution in [0, 0.1) is 17.5 Å². The first-order valence-electron chi connectivity index (χ1n) is 5.86. The lowest BCUT2D eigenvalue weighted by Crippen LogP contribution is -2.30. The fourth-order valence-corrected chi connectivity index (χ4v) is 2.76. The molecule has 0 amide bonds. The number of nitrogens with zero attached hydrogens (tertiary/aromatic N) is 1. The molecule has 1 N–H and O–H groups in total. The number of rotatable bonds is 1. The standard InChI is InChI=1S/C14H7Cl2F3N2/c15-13-14(16,5-7-1-2-20-6-11(7)21-13)12-9(18)3-8(17)4-10(12)19/h1-6,20H. The number of allylic oxidation sites excluding steroid dienone is 2. The summed E-state index contributed by atoms with van der Waals surface area (Å²) in [5, 5.41) is 2.59. The fraction of sp³-hybridized carbons (Fsp3) is 0.0714. The van der Waals surface area contributed by atoms with E-state index in [1.165, 1.54) is 6.08 Å². The maximum atomic E-state index is 14.0. The number of halogens is 5. The molecule has 2 heterocycles. The highest BCUT2D eigenvalue weighted by Gasteiger charge is 2.41. The highest BCUT2D eigenvalue weighted by Crippen LogP contribution is 2.43. The molecule has 2 aliphatic rings. The fourth-order valence-electron chi connectivity index (χ4n) is 2.18. The second-order valence-electron chi connectivity index (χ2n) is 4.49. The van der Waals surface area contributed by atoms with Crippen LogP contribution < -0.4 is 5.32 Å². The Morgan fingerprint density at radius 1 is 1.14 bits per heavy atom. The predicted molar refractivity (Wildman–Crippen MR) is 75.6 cm³/mol. The molecule has 0 spiro atoms. The Balaban J connectivity index is 2.22. The largest absolute Gasteiger partial charge is 0.366 e. The van der Waals surface area contributed by atoms with Crippen LogP contribution in [0.25, 0.3) is 0 Å². The van der Waals surface area contributed by atoms with Crippen LogP contribution in [0.2, 0.25) is 0 Å². The zero-order valence-corrected chi connectivity index (χ0v) is 11.8. The lowest BCUT2D eigenvalue weighted by Gasteiger charge is -2.29. The van der Waals surface area contributed by atoms with Gasteiger partial charge in [-0.15, -0.1) is 11.6 Å². The van der Waals surface area contributed by atoms with Gasteiger partial charge in [0, 0.05) is 30.1 Å².